The summed E-state index contributed by atoms with van der Waals surface area (Å²) in [6.45, 7) is 8.48. The molecule has 5 heteroatoms. The van der Waals surface area contributed by atoms with E-state index in [1.54, 1.807) is 0 Å². The van der Waals surface area contributed by atoms with Gasteiger partial charge in [-0.25, -0.2) is 0 Å². The Hall–Kier alpha value is -0.650. The van der Waals surface area contributed by atoms with E-state index < -0.39 is 5.97 Å². The van der Waals surface area contributed by atoms with E-state index in [-0.39, 0.29) is 6.04 Å². The predicted molar refractivity (Wildman–Crippen MR) is 73.3 cm³/mol. The molecule has 2 rings (SSSR count). The Balaban J connectivity index is 1.81. The van der Waals surface area contributed by atoms with E-state index in [1.807, 2.05) is 0 Å². The van der Waals surface area contributed by atoms with Crippen molar-refractivity contribution in [3.05, 3.63) is 0 Å². The molecule has 0 aromatic rings. The molecule has 0 aromatic carbocycles. The molecule has 0 aromatic heterocycles. The molecule has 2 saturated heterocycles. The molecule has 0 aliphatic carbocycles. The summed E-state index contributed by atoms with van der Waals surface area (Å²) in [7, 11) is 0. The molecule has 110 valence electrons. The predicted octanol–water partition coefficient (Wildman–Crippen LogP) is 0.894. The van der Waals surface area contributed by atoms with Gasteiger partial charge in [-0.15, -0.1) is 0 Å². The Morgan fingerprint density at radius 1 is 1.26 bits per heavy atom. The lowest BCUT2D eigenvalue weighted by Gasteiger charge is -2.38. The summed E-state index contributed by atoms with van der Waals surface area (Å²) in [6, 6.07) is -0.278. The highest BCUT2D eigenvalue weighted by Gasteiger charge is 2.32. The molecule has 0 radical (unpaired) electrons. The number of rotatable bonds is 5. The smallest absolute Gasteiger partial charge is 0.320 e. The normalized spacial score (nSPS) is 30.4. The number of nitrogens with zero attached hydrogens (tertiary/aromatic N) is 2. The second-order valence-corrected chi connectivity index (χ2v) is 5.64. The molecule has 2 fully saturated rings. The van der Waals surface area contributed by atoms with Crippen LogP contribution in [-0.2, 0) is 9.53 Å². The first-order valence-electron chi connectivity index (χ1n) is 7.47. The van der Waals surface area contributed by atoms with Crippen molar-refractivity contribution in [2.75, 3.05) is 45.9 Å². The van der Waals surface area contributed by atoms with Gasteiger partial charge in [0, 0.05) is 26.2 Å². The van der Waals surface area contributed by atoms with Gasteiger partial charge in [0.1, 0.15) is 6.04 Å². The van der Waals surface area contributed by atoms with Gasteiger partial charge in [0.05, 0.1) is 13.2 Å². The molecule has 2 aliphatic rings. The zero-order chi connectivity index (χ0) is 13.7. The average molecular weight is 270 g/mol. The molecular formula is C14H26N2O3. The van der Waals surface area contributed by atoms with Crippen LogP contribution in [0.2, 0.25) is 0 Å². The lowest BCUT2D eigenvalue weighted by molar-refractivity contribution is -0.145. The van der Waals surface area contributed by atoms with Crippen LogP contribution in [0.1, 0.15) is 26.2 Å². The number of carbonyl (C=O) groups is 1. The summed E-state index contributed by atoms with van der Waals surface area (Å²) in [5.74, 6) is -0.0686. The van der Waals surface area contributed by atoms with E-state index in [9.17, 15) is 9.90 Å². The van der Waals surface area contributed by atoms with Gasteiger partial charge in [0.15, 0.2) is 0 Å². The summed E-state index contributed by atoms with van der Waals surface area (Å²) in [5, 5.41) is 9.38. The van der Waals surface area contributed by atoms with Crippen LogP contribution in [0.25, 0.3) is 0 Å². The first kappa shape index (κ1) is 14.8. The Bertz CT molecular complexity index is 292. The zero-order valence-electron chi connectivity index (χ0n) is 11.9. The van der Waals surface area contributed by atoms with E-state index in [4.69, 9.17) is 4.74 Å². The van der Waals surface area contributed by atoms with E-state index in [0.29, 0.717) is 5.92 Å². The van der Waals surface area contributed by atoms with Gasteiger partial charge < -0.3 is 9.84 Å². The van der Waals surface area contributed by atoms with Gasteiger partial charge in [0.2, 0.25) is 0 Å². The second-order valence-electron chi connectivity index (χ2n) is 5.64. The molecule has 1 N–H and O–H groups in total. The van der Waals surface area contributed by atoms with Gasteiger partial charge in [-0.1, -0.05) is 13.3 Å². The Labute approximate surface area is 115 Å². The third-order valence-corrected chi connectivity index (χ3v) is 4.49. The lowest BCUT2D eigenvalue weighted by atomic mass is 9.89. The molecular weight excluding hydrogens is 244 g/mol. The van der Waals surface area contributed by atoms with Gasteiger partial charge >= 0.3 is 5.97 Å². The molecule has 0 amide bonds. The quantitative estimate of drug-likeness (QED) is 0.804. The maximum atomic E-state index is 11.4. The highest BCUT2D eigenvalue weighted by atomic mass is 16.5. The SMILES string of the molecule is CCC1CCN(CCN2CCOCC2)C(C(=O)O)C1. The van der Waals surface area contributed by atoms with Gasteiger partial charge in [-0.3, -0.25) is 14.6 Å². The molecule has 0 saturated carbocycles. The van der Waals surface area contributed by atoms with Crippen LogP contribution in [-0.4, -0.2) is 72.9 Å². The van der Waals surface area contributed by atoms with Crippen molar-refractivity contribution >= 4 is 5.97 Å². The van der Waals surface area contributed by atoms with Crippen LogP contribution >= 0.6 is 0 Å². The average Bonchev–Trinajstić information content (AvgIpc) is 2.46. The molecule has 19 heavy (non-hydrogen) atoms. The number of carboxylic acids is 1. The lowest BCUT2D eigenvalue weighted by Crippen LogP contribution is -2.50. The Morgan fingerprint density at radius 3 is 2.63 bits per heavy atom. The van der Waals surface area contributed by atoms with Crippen LogP contribution < -0.4 is 0 Å². The molecule has 0 spiro atoms. The maximum Gasteiger partial charge on any atom is 0.320 e. The number of hydrogen-bond acceptors (Lipinski definition) is 4. The van der Waals surface area contributed by atoms with Crippen molar-refractivity contribution in [2.45, 2.75) is 32.2 Å². The zero-order valence-corrected chi connectivity index (χ0v) is 11.9. The van der Waals surface area contributed by atoms with Crippen LogP contribution in [0.3, 0.4) is 0 Å². The van der Waals surface area contributed by atoms with Gasteiger partial charge in [-0.05, 0) is 25.3 Å². The summed E-state index contributed by atoms with van der Waals surface area (Å²) in [4.78, 5) is 15.9. The van der Waals surface area contributed by atoms with Crippen LogP contribution in [0.15, 0.2) is 0 Å². The molecule has 2 atom stereocenters. The number of likely N-dealkylation sites (tertiary alicyclic amines) is 1. The molecule has 2 aliphatic heterocycles. The number of morpholine rings is 1. The van der Waals surface area contributed by atoms with Gasteiger partial charge in [-0.2, -0.15) is 0 Å². The largest absolute Gasteiger partial charge is 0.480 e. The van der Waals surface area contributed by atoms with Crippen LogP contribution in [0.5, 0.6) is 0 Å². The Morgan fingerprint density at radius 2 is 2.00 bits per heavy atom. The third kappa shape index (κ3) is 4.16. The summed E-state index contributed by atoms with van der Waals surface area (Å²) in [6.07, 6.45) is 3.05. The van der Waals surface area contributed by atoms with Crippen molar-refractivity contribution in [1.82, 2.24) is 9.80 Å². The molecule has 2 unspecified atom stereocenters. The highest BCUT2D eigenvalue weighted by molar-refractivity contribution is 5.73. The number of carboxylic acid groups (broad SMARTS) is 1. The van der Waals surface area contributed by atoms with E-state index in [1.165, 1.54) is 0 Å². The first-order chi connectivity index (χ1) is 9.20. The maximum absolute atomic E-state index is 11.4. The number of aliphatic carboxylic acids is 1. The first-order valence-corrected chi connectivity index (χ1v) is 7.47. The van der Waals surface area contributed by atoms with Crippen LogP contribution in [0.4, 0.5) is 0 Å². The minimum absolute atomic E-state index is 0.278. The summed E-state index contributed by atoms with van der Waals surface area (Å²) < 4.78 is 5.33. The van der Waals surface area contributed by atoms with Crippen molar-refractivity contribution in [2.24, 2.45) is 5.92 Å². The fourth-order valence-electron chi connectivity index (χ4n) is 3.08. The standard InChI is InChI=1S/C14H26N2O3/c1-2-12-3-4-16(13(11-12)14(17)18)6-5-15-7-9-19-10-8-15/h12-13H,2-11H2,1H3,(H,17,18). The van der Waals surface area contributed by atoms with E-state index in [0.717, 1.165) is 65.2 Å². The number of piperidine rings is 1. The Kier molecular flexibility index (Phi) is 5.60. The summed E-state index contributed by atoms with van der Waals surface area (Å²) in [5.41, 5.74) is 0. The summed E-state index contributed by atoms with van der Waals surface area (Å²) >= 11 is 0. The number of hydrogen-bond donors (Lipinski definition) is 1. The number of ether oxygens (including phenoxy) is 1. The van der Waals surface area contributed by atoms with Crippen molar-refractivity contribution < 1.29 is 14.6 Å². The van der Waals surface area contributed by atoms with Gasteiger partial charge in [0.25, 0.3) is 0 Å². The van der Waals surface area contributed by atoms with E-state index in [2.05, 4.69) is 16.7 Å². The molecule has 5 nitrogen and oxygen atoms in total. The topological polar surface area (TPSA) is 53.0 Å². The van der Waals surface area contributed by atoms with E-state index >= 15 is 0 Å². The van der Waals surface area contributed by atoms with Crippen molar-refractivity contribution in [3.63, 3.8) is 0 Å². The fraction of sp³-hybridized carbons (Fsp3) is 0.929. The highest BCUT2D eigenvalue weighted by Crippen LogP contribution is 2.25. The molecule has 2 heterocycles. The minimum Gasteiger partial charge on any atom is -0.480 e. The van der Waals surface area contributed by atoms with Crippen molar-refractivity contribution in [1.29, 1.82) is 0 Å². The minimum atomic E-state index is -0.653. The van der Waals surface area contributed by atoms with Crippen molar-refractivity contribution in [3.8, 4) is 0 Å². The monoisotopic (exact) mass is 270 g/mol. The van der Waals surface area contributed by atoms with Crippen LogP contribution in [0, 0.1) is 5.92 Å². The third-order valence-electron chi connectivity index (χ3n) is 4.49. The second kappa shape index (κ2) is 7.22. The fourth-order valence-corrected chi connectivity index (χ4v) is 3.08. The molecule has 0 bridgehead atoms.